The van der Waals surface area contributed by atoms with Crippen molar-refractivity contribution < 1.29 is 4.79 Å². The molecule has 0 aromatic carbocycles. The summed E-state index contributed by atoms with van der Waals surface area (Å²) >= 11 is 3.35. The molecule has 0 aliphatic carbocycles. The maximum absolute atomic E-state index is 11.9. The van der Waals surface area contributed by atoms with Crippen LogP contribution in [0.15, 0.2) is 22.9 Å². The monoisotopic (exact) mass is 268 g/mol. The lowest BCUT2D eigenvalue weighted by Gasteiger charge is -2.37. The van der Waals surface area contributed by atoms with Crippen LogP contribution >= 0.6 is 15.9 Å². The van der Waals surface area contributed by atoms with Gasteiger partial charge in [0.25, 0.3) is 0 Å². The number of hydrogen-bond donors (Lipinski definition) is 1. The number of ketones is 1. The van der Waals surface area contributed by atoms with Crippen LogP contribution in [0.3, 0.4) is 0 Å². The number of carbonyl (C=O) groups excluding carboxylic acids is 1. The minimum atomic E-state index is -0.164. The van der Waals surface area contributed by atoms with Gasteiger partial charge in [0.05, 0.1) is 5.41 Å². The molecule has 0 atom stereocenters. The van der Waals surface area contributed by atoms with Gasteiger partial charge in [0, 0.05) is 36.4 Å². The van der Waals surface area contributed by atoms with Crippen molar-refractivity contribution >= 4 is 21.7 Å². The van der Waals surface area contributed by atoms with Gasteiger partial charge in [0.1, 0.15) is 5.78 Å². The fourth-order valence-electron chi connectivity index (χ4n) is 1.65. The number of pyridine rings is 1. The average Bonchev–Trinajstić information content (AvgIpc) is 2.14. The van der Waals surface area contributed by atoms with Gasteiger partial charge >= 0.3 is 0 Å². The van der Waals surface area contributed by atoms with E-state index in [2.05, 4.69) is 26.2 Å². The van der Waals surface area contributed by atoms with E-state index in [1.807, 2.05) is 13.0 Å². The van der Waals surface area contributed by atoms with E-state index in [-0.39, 0.29) is 5.41 Å². The van der Waals surface area contributed by atoms with E-state index in [4.69, 9.17) is 0 Å². The molecule has 0 amide bonds. The Kier molecular flexibility index (Phi) is 2.89. The minimum absolute atomic E-state index is 0.164. The summed E-state index contributed by atoms with van der Waals surface area (Å²) in [7, 11) is 0. The SMILES string of the molecule is CC1(C(=O)Cc2cncc(Br)c2)CNC1. The molecule has 80 valence electrons. The Hall–Kier alpha value is -0.740. The first-order valence-electron chi connectivity index (χ1n) is 4.94. The first-order valence-corrected chi connectivity index (χ1v) is 5.73. The lowest BCUT2D eigenvalue weighted by atomic mass is 9.78. The molecule has 1 saturated heterocycles. The maximum Gasteiger partial charge on any atom is 0.145 e. The van der Waals surface area contributed by atoms with Crippen LogP contribution in [0.5, 0.6) is 0 Å². The van der Waals surface area contributed by atoms with Gasteiger partial charge in [-0.3, -0.25) is 9.78 Å². The summed E-state index contributed by atoms with van der Waals surface area (Å²) in [6.45, 7) is 3.61. The molecule has 1 aromatic heterocycles. The highest BCUT2D eigenvalue weighted by Gasteiger charge is 2.38. The van der Waals surface area contributed by atoms with Gasteiger partial charge < -0.3 is 5.32 Å². The summed E-state index contributed by atoms with van der Waals surface area (Å²) in [5.41, 5.74) is 0.810. The average molecular weight is 269 g/mol. The number of Topliss-reactive ketones (excluding diaryl/α,β-unsaturated/α-hetero) is 1. The van der Waals surface area contributed by atoms with E-state index in [9.17, 15) is 4.79 Å². The molecular formula is C11H13BrN2O. The summed E-state index contributed by atoms with van der Waals surface area (Å²) in [4.78, 5) is 16.0. The van der Waals surface area contributed by atoms with E-state index in [0.717, 1.165) is 23.1 Å². The van der Waals surface area contributed by atoms with Gasteiger partial charge in [-0.2, -0.15) is 0 Å². The van der Waals surface area contributed by atoms with Crippen LogP contribution in [0.4, 0.5) is 0 Å². The van der Waals surface area contributed by atoms with Crippen molar-refractivity contribution in [2.24, 2.45) is 5.41 Å². The Balaban J connectivity index is 2.06. The molecule has 2 heterocycles. The summed E-state index contributed by atoms with van der Waals surface area (Å²) in [6, 6.07) is 1.94. The van der Waals surface area contributed by atoms with Crippen LogP contribution in [-0.4, -0.2) is 23.9 Å². The van der Waals surface area contributed by atoms with Crippen molar-refractivity contribution in [3.05, 3.63) is 28.5 Å². The third kappa shape index (κ3) is 2.26. The number of carbonyl (C=O) groups is 1. The van der Waals surface area contributed by atoms with Crippen LogP contribution in [-0.2, 0) is 11.2 Å². The second-order valence-corrected chi connectivity index (χ2v) is 5.19. The largest absolute Gasteiger partial charge is 0.315 e. The molecule has 1 aromatic rings. The van der Waals surface area contributed by atoms with E-state index in [0.29, 0.717) is 12.2 Å². The molecule has 1 fully saturated rings. The molecule has 0 bridgehead atoms. The van der Waals surface area contributed by atoms with Crippen LogP contribution in [0.1, 0.15) is 12.5 Å². The van der Waals surface area contributed by atoms with Gasteiger partial charge in [-0.05, 0) is 27.6 Å². The zero-order valence-corrected chi connectivity index (χ0v) is 10.2. The Morgan fingerprint density at radius 2 is 2.33 bits per heavy atom. The molecule has 0 radical (unpaired) electrons. The lowest BCUT2D eigenvalue weighted by Crippen LogP contribution is -2.56. The summed E-state index contributed by atoms with van der Waals surface area (Å²) in [5, 5.41) is 3.13. The molecule has 4 heteroatoms. The smallest absolute Gasteiger partial charge is 0.145 e. The summed E-state index contributed by atoms with van der Waals surface area (Å²) in [6.07, 6.45) is 3.95. The lowest BCUT2D eigenvalue weighted by molar-refractivity contribution is -0.129. The molecule has 1 aliphatic rings. The highest BCUT2D eigenvalue weighted by atomic mass is 79.9. The standard InChI is InChI=1S/C11H13BrN2O/c1-11(6-14-7-11)10(15)3-8-2-9(12)5-13-4-8/h2,4-5,14H,3,6-7H2,1H3. The molecule has 1 N–H and O–H groups in total. The van der Waals surface area contributed by atoms with Crippen molar-refractivity contribution in [1.29, 1.82) is 0 Å². The first kappa shape index (κ1) is 10.8. The Morgan fingerprint density at radius 3 is 2.87 bits per heavy atom. The molecule has 0 unspecified atom stereocenters. The molecule has 2 rings (SSSR count). The highest BCUT2D eigenvalue weighted by molar-refractivity contribution is 9.10. The van der Waals surface area contributed by atoms with Gasteiger partial charge in [-0.1, -0.05) is 6.92 Å². The van der Waals surface area contributed by atoms with Gasteiger partial charge in [-0.25, -0.2) is 0 Å². The maximum atomic E-state index is 11.9. The van der Waals surface area contributed by atoms with Crippen molar-refractivity contribution in [3.8, 4) is 0 Å². The number of halogens is 1. The third-order valence-corrected chi connectivity index (χ3v) is 3.26. The minimum Gasteiger partial charge on any atom is -0.315 e. The Morgan fingerprint density at radius 1 is 1.60 bits per heavy atom. The van der Waals surface area contributed by atoms with Crippen LogP contribution in [0.2, 0.25) is 0 Å². The fraction of sp³-hybridized carbons (Fsp3) is 0.455. The van der Waals surface area contributed by atoms with Crippen molar-refractivity contribution in [1.82, 2.24) is 10.3 Å². The summed E-state index contributed by atoms with van der Waals surface area (Å²) in [5.74, 6) is 0.293. The first-order chi connectivity index (χ1) is 7.10. The van der Waals surface area contributed by atoms with Crippen LogP contribution in [0, 0.1) is 5.41 Å². The Labute approximate surface area is 97.4 Å². The molecule has 1 aliphatic heterocycles. The summed E-state index contributed by atoms with van der Waals surface area (Å²) < 4.78 is 0.921. The third-order valence-electron chi connectivity index (χ3n) is 2.83. The zero-order chi connectivity index (χ0) is 10.9. The number of nitrogens with one attached hydrogen (secondary N) is 1. The van der Waals surface area contributed by atoms with Crippen molar-refractivity contribution in [2.75, 3.05) is 13.1 Å². The second-order valence-electron chi connectivity index (χ2n) is 4.28. The van der Waals surface area contributed by atoms with Gasteiger partial charge in [0.15, 0.2) is 0 Å². The van der Waals surface area contributed by atoms with Crippen molar-refractivity contribution in [2.45, 2.75) is 13.3 Å². The normalized spacial score (nSPS) is 18.3. The van der Waals surface area contributed by atoms with E-state index in [1.165, 1.54) is 0 Å². The quantitative estimate of drug-likeness (QED) is 0.905. The molecular weight excluding hydrogens is 256 g/mol. The fourth-order valence-corrected chi connectivity index (χ4v) is 2.06. The predicted molar refractivity (Wildman–Crippen MR) is 61.6 cm³/mol. The zero-order valence-electron chi connectivity index (χ0n) is 8.59. The number of rotatable bonds is 3. The number of aromatic nitrogens is 1. The van der Waals surface area contributed by atoms with Crippen LogP contribution in [0.25, 0.3) is 0 Å². The highest BCUT2D eigenvalue weighted by Crippen LogP contribution is 2.24. The van der Waals surface area contributed by atoms with Gasteiger partial charge in [0.2, 0.25) is 0 Å². The Bertz CT molecular complexity index is 388. The second kappa shape index (κ2) is 4.02. The van der Waals surface area contributed by atoms with Crippen molar-refractivity contribution in [3.63, 3.8) is 0 Å². The van der Waals surface area contributed by atoms with Crippen LogP contribution < -0.4 is 5.32 Å². The predicted octanol–water partition coefficient (Wildman–Crippen LogP) is 1.57. The molecule has 3 nitrogen and oxygen atoms in total. The number of hydrogen-bond acceptors (Lipinski definition) is 3. The molecule has 0 saturated carbocycles. The van der Waals surface area contributed by atoms with E-state index >= 15 is 0 Å². The molecule has 0 spiro atoms. The van der Waals surface area contributed by atoms with Gasteiger partial charge in [-0.15, -0.1) is 0 Å². The molecule has 15 heavy (non-hydrogen) atoms. The topological polar surface area (TPSA) is 42.0 Å². The van der Waals surface area contributed by atoms with E-state index < -0.39 is 0 Å². The van der Waals surface area contributed by atoms with E-state index in [1.54, 1.807) is 12.4 Å². The number of nitrogens with zero attached hydrogens (tertiary/aromatic N) is 1.